The Balaban J connectivity index is 1.72. The zero-order chi connectivity index (χ0) is 15.7. The standard InChI is InChI=1S/C15H18N2O4S/c18-11-7-9(14(20)21)6-10-12(11)22-15(16-10)17-13(19)8-4-2-1-3-5-8/h8-9H,1-7H2,(H,20,21)(H,16,17,19)/t9-/m1/s1. The lowest BCUT2D eigenvalue weighted by molar-refractivity contribution is -0.141. The predicted octanol–water partition coefficient (Wildman–Crippen LogP) is 2.49. The maximum atomic E-state index is 12.2. The van der Waals surface area contributed by atoms with Gasteiger partial charge in [-0.3, -0.25) is 14.4 Å². The summed E-state index contributed by atoms with van der Waals surface area (Å²) in [5.74, 6) is -1.88. The number of carboxylic acid groups (broad SMARTS) is 1. The molecule has 22 heavy (non-hydrogen) atoms. The van der Waals surface area contributed by atoms with E-state index < -0.39 is 11.9 Å². The zero-order valence-corrected chi connectivity index (χ0v) is 12.9. The van der Waals surface area contributed by atoms with Crippen molar-refractivity contribution in [2.24, 2.45) is 11.8 Å². The van der Waals surface area contributed by atoms with E-state index in [9.17, 15) is 14.4 Å². The van der Waals surface area contributed by atoms with Crippen molar-refractivity contribution in [2.75, 3.05) is 5.32 Å². The Morgan fingerprint density at radius 2 is 1.86 bits per heavy atom. The number of nitrogens with zero attached hydrogens (tertiary/aromatic N) is 1. The highest BCUT2D eigenvalue weighted by molar-refractivity contribution is 7.17. The average molecular weight is 322 g/mol. The number of anilines is 1. The molecular weight excluding hydrogens is 304 g/mol. The number of fused-ring (bicyclic) bond motifs is 1. The first-order valence-corrected chi connectivity index (χ1v) is 8.43. The maximum absolute atomic E-state index is 12.2. The third-order valence-corrected chi connectivity index (χ3v) is 5.43. The summed E-state index contributed by atoms with van der Waals surface area (Å²) in [6, 6.07) is 0. The number of ketones is 1. The third-order valence-electron chi connectivity index (χ3n) is 4.38. The van der Waals surface area contributed by atoms with E-state index in [1.54, 1.807) is 0 Å². The molecule has 2 aliphatic rings. The van der Waals surface area contributed by atoms with Crippen molar-refractivity contribution in [2.45, 2.75) is 44.9 Å². The summed E-state index contributed by atoms with van der Waals surface area (Å²) < 4.78 is 0. The molecule has 0 aromatic carbocycles. The first-order valence-electron chi connectivity index (χ1n) is 7.61. The highest BCUT2D eigenvalue weighted by Gasteiger charge is 2.33. The van der Waals surface area contributed by atoms with Crippen LogP contribution in [0.3, 0.4) is 0 Å². The van der Waals surface area contributed by atoms with E-state index in [-0.39, 0.29) is 30.4 Å². The van der Waals surface area contributed by atoms with Gasteiger partial charge in [0.15, 0.2) is 10.9 Å². The number of carbonyl (C=O) groups excluding carboxylic acids is 2. The summed E-state index contributed by atoms with van der Waals surface area (Å²) in [5, 5.41) is 12.3. The van der Waals surface area contributed by atoms with Crippen LogP contribution in [0, 0.1) is 11.8 Å². The normalized spacial score (nSPS) is 22.2. The van der Waals surface area contributed by atoms with Crippen molar-refractivity contribution in [3.8, 4) is 0 Å². The fourth-order valence-electron chi connectivity index (χ4n) is 3.13. The van der Waals surface area contributed by atoms with Gasteiger partial charge in [0, 0.05) is 18.8 Å². The maximum Gasteiger partial charge on any atom is 0.307 e. The topological polar surface area (TPSA) is 96.4 Å². The van der Waals surface area contributed by atoms with Crippen LogP contribution in [0.1, 0.15) is 53.9 Å². The fraction of sp³-hybridized carbons (Fsp3) is 0.600. The van der Waals surface area contributed by atoms with Gasteiger partial charge in [0.25, 0.3) is 0 Å². The number of amides is 1. The molecule has 2 aliphatic carbocycles. The van der Waals surface area contributed by atoms with E-state index in [1.807, 2.05) is 0 Å². The number of thiazole rings is 1. The Morgan fingerprint density at radius 3 is 2.55 bits per heavy atom. The lowest BCUT2D eigenvalue weighted by Gasteiger charge is -2.19. The molecule has 1 aromatic rings. The third kappa shape index (κ3) is 3.04. The van der Waals surface area contributed by atoms with Gasteiger partial charge in [0.05, 0.1) is 16.5 Å². The monoisotopic (exact) mass is 322 g/mol. The van der Waals surface area contributed by atoms with Gasteiger partial charge >= 0.3 is 5.97 Å². The molecule has 3 rings (SSSR count). The SMILES string of the molecule is O=C1C[C@H](C(=O)O)Cc2nc(NC(=O)C3CCCCC3)sc21. The van der Waals surface area contributed by atoms with Crippen LogP contribution in [0.5, 0.6) is 0 Å². The van der Waals surface area contributed by atoms with Crippen LogP contribution in [0.4, 0.5) is 5.13 Å². The molecule has 1 heterocycles. The number of carbonyl (C=O) groups is 3. The highest BCUT2D eigenvalue weighted by atomic mass is 32.1. The van der Waals surface area contributed by atoms with Gasteiger partial charge < -0.3 is 10.4 Å². The molecule has 7 heteroatoms. The van der Waals surface area contributed by atoms with Gasteiger partial charge in [-0.1, -0.05) is 30.6 Å². The van der Waals surface area contributed by atoms with Crippen molar-refractivity contribution >= 4 is 34.1 Å². The van der Waals surface area contributed by atoms with E-state index in [1.165, 1.54) is 6.42 Å². The Bertz CT molecular complexity index is 619. The quantitative estimate of drug-likeness (QED) is 0.891. The number of hydrogen-bond donors (Lipinski definition) is 2. The van der Waals surface area contributed by atoms with Crippen LogP contribution in [-0.2, 0) is 16.0 Å². The molecular formula is C15H18N2O4S. The molecule has 1 saturated carbocycles. The van der Waals surface area contributed by atoms with E-state index in [0.29, 0.717) is 15.7 Å². The van der Waals surface area contributed by atoms with Crippen molar-refractivity contribution < 1.29 is 19.5 Å². The molecule has 0 aliphatic heterocycles. The molecule has 6 nitrogen and oxygen atoms in total. The van der Waals surface area contributed by atoms with E-state index in [0.717, 1.165) is 37.0 Å². The number of rotatable bonds is 3. The number of Topliss-reactive ketones (excluding diaryl/α,β-unsaturated/α-hetero) is 1. The van der Waals surface area contributed by atoms with E-state index >= 15 is 0 Å². The minimum absolute atomic E-state index is 0.0144. The highest BCUT2D eigenvalue weighted by Crippen LogP contribution is 2.33. The molecule has 0 unspecified atom stereocenters. The Morgan fingerprint density at radius 1 is 1.14 bits per heavy atom. The minimum atomic E-state index is -0.972. The molecule has 1 atom stereocenters. The molecule has 1 fully saturated rings. The van der Waals surface area contributed by atoms with Gasteiger partial charge in [-0.2, -0.15) is 0 Å². The van der Waals surface area contributed by atoms with Crippen LogP contribution in [-0.4, -0.2) is 27.8 Å². The predicted molar refractivity (Wildman–Crippen MR) is 81.1 cm³/mol. The Labute approximate surface area is 131 Å². The van der Waals surface area contributed by atoms with Gasteiger partial charge in [0.1, 0.15) is 0 Å². The Hall–Kier alpha value is -1.76. The van der Waals surface area contributed by atoms with Crippen LogP contribution < -0.4 is 5.32 Å². The number of hydrogen-bond acceptors (Lipinski definition) is 5. The summed E-state index contributed by atoms with van der Waals surface area (Å²) in [6.45, 7) is 0. The van der Waals surface area contributed by atoms with Gasteiger partial charge in [-0.15, -0.1) is 0 Å². The van der Waals surface area contributed by atoms with Gasteiger partial charge in [-0.05, 0) is 12.8 Å². The summed E-state index contributed by atoms with van der Waals surface area (Å²) in [5.41, 5.74) is 0.507. The first-order chi connectivity index (χ1) is 10.5. The molecule has 118 valence electrons. The number of nitrogens with one attached hydrogen (secondary N) is 1. The molecule has 1 aromatic heterocycles. The second kappa shape index (κ2) is 6.16. The molecule has 0 bridgehead atoms. The molecule has 0 spiro atoms. The molecule has 1 amide bonds. The second-order valence-corrected chi connectivity index (χ2v) is 6.98. The van der Waals surface area contributed by atoms with Gasteiger partial charge in [-0.25, -0.2) is 4.98 Å². The average Bonchev–Trinajstić information content (AvgIpc) is 2.91. The zero-order valence-electron chi connectivity index (χ0n) is 12.1. The van der Waals surface area contributed by atoms with E-state index in [4.69, 9.17) is 5.11 Å². The summed E-state index contributed by atoms with van der Waals surface area (Å²) >= 11 is 1.16. The number of aromatic nitrogens is 1. The van der Waals surface area contributed by atoms with Crippen LogP contribution in [0.15, 0.2) is 0 Å². The summed E-state index contributed by atoms with van der Waals surface area (Å²) in [4.78, 5) is 40.0. The van der Waals surface area contributed by atoms with Crippen molar-refractivity contribution in [1.82, 2.24) is 4.98 Å². The van der Waals surface area contributed by atoms with Crippen LogP contribution in [0.25, 0.3) is 0 Å². The smallest absolute Gasteiger partial charge is 0.307 e. The molecule has 0 saturated heterocycles. The Kier molecular flexibility index (Phi) is 4.24. The van der Waals surface area contributed by atoms with Crippen LogP contribution >= 0.6 is 11.3 Å². The second-order valence-electron chi connectivity index (χ2n) is 5.99. The fourth-order valence-corrected chi connectivity index (χ4v) is 4.08. The van der Waals surface area contributed by atoms with Gasteiger partial charge in [0.2, 0.25) is 5.91 Å². The van der Waals surface area contributed by atoms with Crippen molar-refractivity contribution in [1.29, 1.82) is 0 Å². The number of carboxylic acids is 1. The van der Waals surface area contributed by atoms with E-state index in [2.05, 4.69) is 10.3 Å². The summed E-state index contributed by atoms with van der Waals surface area (Å²) in [6.07, 6.45) is 5.40. The van der Waals surface area contributed by atoms with Crippen molar-refractivity contribution in [3.63, 3.8) is 0 Å². The first kappa shape index (κ1) is 15.1. The lowest BCUT2D eigenvalue weighted by Crippen LogP contribution is -2.25. The number of aliphatic carboxylic acids is 1. The van der Waals surface area contributed by atoms with Crippen molar-refractivity contribution in [3.05, 3.63) is 10.6 Å². The summed E-state index contributed by atoms with van der Waals surface area (Å²) in [7, 11) is 0. The largest absolute Gasteiger partial charge is 0.481 e. The molecule has 0 radical (unpaired) electrons. The molecule has 2 N–H and O–H groups in total. The lowest BCUT2D eigenvalue weighted by atomic mass is 9.89. The minimum Gasteiger partial charge on any atom is -0.481 e. The van der Waals surface area contributed by atoms with Crippen LogP contribution in [0.2, 0.25) is 0 Å².